The Bertz CT molecular complexity index is 540. The van der Waals surface area contributed by atoms with Crippen molar-refractivity contribution in [2.45, 2.75) is 58.1 Å². The zero-order chi connectivity index (χ0) is 15.3. The average molecular weight is 289 g/mol. The number of rotatable bonds is 1. The molecule has 3 nitrogen and oxygen atoms in total. The number of hydrogen-bond donors (Lipinski definition) is 1. The Morgan fingerprint density at radius 3 is 2.67 bits per heavy atom. The smallest absolute Gasteiger partial charge is 0.125 e. The van der Waals surface area contributed by atoms with Crippen molar-refractivity contribution in [3.05, 3.63) is 23.8 Å². The normalized spacial score (nSPS) is 34.1. The van der Waals surface area contributed by atoms with E-state index in [0.717, 1.165) is 36.3 Å². The minimum Gasteiger partial charge on any atom is -0.497 e. The van der Waals surface area contributed by atoms with E-state index in [0.29, 0.717) is 11.3 Å². The molecule has 3 unspecified atom stereocenters. The molecule has 1 spiro atoms. The van der Waals surface area contributed by atoms with Crippen LogP contribution in [0.5, 0.6) is 11.5 Å². The van der Waals surface area contributed by atoms with Gasteiger partial charge in [0.25, 0.3) is 0 Å². The van der Waals surface area contributed by atoms with E-state index in [1.54, 1.807) is 7.11 Å². The second-order valence-corrected chi connectivity index (χ2v) is 7.85. The molecule has 0 aromatic heterocycles. The molecule has 1 fully saturated rings. The average Bonchev–Trinajstić information content (AvgIpc) is 2.35. The molecular weight excluding hydrogens is 262 g/mol. The first kappa shape index (κ1) is 14.7. The lowest BCUT2D eigenvalue weighted by molar-refractivity contribution is -0.0571. The molecule has 0 saturated heterocycles. The largest absolute Gasteiger partial charge is 0.497 e. The maximum Gasteiger partial charge on any atom is 0.125 e. The van der Waals surface area contributed by atoms with E-state index in [-0.39, 0.29) is 11.6 Å². The van der Waals surface area contributed by atoms with Crippen molar-refractivity contribution in [1.82, 2.24) is 0 Å². The first-order chi connectivity index (χ1) is 9.82. The van der Waals surface area contributed by atoms with E-state index >= 15 is 0 Å². The molecule has 1 aliphatic carbocycles. The number of hydrogen-bond acceptors (Lipinski definition) is 3. The Hall–Kier alpha value is -1.22. The van der Waals surface area contributed by atoms with E-state index in [4.69, 9.17) is 15.2 Å². The Morgan fingerprint density at radius 1 is 1.24 bits per heavy atom. The van der Waals surface area contributed by atoms with Crippen molar-refractivity contribution in [1.29, 1.82) is 0 Å². The summed E-state index contributed by atoms with van der Waals surface area (Å²) in [4.78, 5) is 0. The van der Waals surface area contributed by atoms with Gasteiger partial charge in [-0.25, -0.2) is 0 Å². The zero-order valence-electron chi connectivity index (χ0n) is 13.6. The van der Waals surface area contributed by atoms with Crippen molar-refractivity contribution < 1.29 is 9.47 Å². The molecule has 1 heterocycles. The van der Waals surface area contributed by atoms with Crippen LogP contribution in [0.4, 0.5) is 0 Å². The van der Waals surface area contributed by atoms with E-state index in [2.05, 4.69) is 20.8 Å². The number of fused-ring (bicyclic) bond motifs is 1. The molecule has 1 aromatic carbocycles. The van der Waals surface area contributed by atoms with Gasteiger partial charge in [0.2, 0.25) is 0 Å². The fourth-order valence-corrected chi connectivity index (χ4v) is 4.72. The Labute approximate surface area is 127 Å². The van der Waals surface area contributed by atoms with Gasteiger partial charge >= 0.3 is 0 Å². The first-order valence-corrected chi connectivity index (χ1v) is 7.95. The third kappa shape index (κ3) is 2.76. The fraction of sp³-hybridized carbons (Fsp3) is 0.667. The summed E-state index contributed by atoms with van der Waals surface area (Å²) in [7, 11) is 1.68. The molecule has 2 N–H and O–H groups in total. The topological polar surface area (TPSA) is 44.5 Å². The molecule has 0 amide bonds. The summed E-state index contributed by atoms with van der Waals surface area (Å²) < 4.78 is 11.8. The number of methoxy groups -OCH3 is 1. The van der Waals surface area contributed by atoms with Crippen LogP contribution in [0.1, 0.15) is 58.1 Å². The van der Waals surface area contributed by atoms with Crippen LogP contribution < -0.4 is 15.2 Å². The monoisotopic (exact) mass is 289 g/mol. The van der Waals surface area contributed by atoms with Crippen LogP contribution in [0.3, 0.4) is 0 Å². The van der Waals surface area contributed by atoms with Crippen molar-refractivity contribution in [3.63, 3.8) is 0 Å². The van der Waals surface area contributed by atoms with Crippen LogP contribution in [-0.2, 0) is 0 Å². The predicted octanol–water partition coefficient (Wildman–Crippen LogP) is 4.06. The molecule has 21 heavy (non-hydrogen) atoms. The fourth-order valence-electron chi connectivity index (χ4n) is 4.72. The van der Waals surface area contributed by atoms with Crippen LogP contribution in [0.15, 0.2) is 18.2 Å². The molecule has 3 heteroatoms. The van der Waals surface area contributed by atoms with Crippen LogP contribution in [0.25, 0.3) is 0 Å². The zero-order valence-corrected chi connectivity index (χ0v) is 13.6. The van der Waals surface area contributed by atoms with Crippen molar-refractivity contribution in [3.8, 4) is 11.5 Å². The summed E-state index contributed by atoms with van der Waals surface area (Å²) in [5.41, 5.74) is 7.78. The van der Waals surface area contributed by atoms with Gasteiger partial charge in [-0.2, -0.15) is 0 Å². The van der Waals surface area contributed by atoms with Crippen LogP contribution in [0.2, 0.25) is 0 Å². The molecule has 1 aromatic rings. The summed E-state index contributed by atoms with van der Waals surface area (Å²) in [6.07, 6.45) is 4.36. The maximum atomic E-state index is 6.50. The Balaban J connectivity index is 1.94. The molecular formula is C18H27NO2. The molecule has 0 radical (unpaired) electrons. The Morgan fingerprint density at radius 2 is 2.00 bits per heavy atom. The van der Waals surface area contributed by atoms with Crippen LogP contribution in [-0.4, -0.2) is 12.7 Å². The predicted molar refractivity (Wildman–Crippen MR) is 84.7 cm³/mol. The van der Waals surface area contributed by atoms with Crippen LogP contribution in [0, 0.1) is 11.3 Å². The summed E-state index contributed by atoms with van der Waals surface area (Å²) in [6.45, 7) is 7.03. The van der Waals surface area contributed by atoms with Crippen molar-refractivity contribution in [2.75, 3.05) is 7.11 Å². The molecule has 1 aliphatic heterocycles. The summed E-state index contributed by atoms with van der Waals surface area (Å²) in [5, 5.41) is 0. The molecule has 2 aliphatic rings. The van der Waals surface area contributed by atoms with Crippen LogP contribution >= 0.6 is 0 Å². The van der Waals surface area contributed by atoms with Gasteiger partial charge in [0.15, 0.2) is 0 Å². The third-order valence-corrected chi connectivity index (χ3v) is 4.96. The molecule has 3 rings (SSSR count). The SMILES string of the molecule is COc1ccc2c(c1)C(N)CC1(CC(C)CC(C)(C)C1)O2. The minimum atomic E-state index is -0.0951. The lowest BCUT2D eigenvalue weighted by atomic mass is 9.63. The van der Waals surface area contributed by atoms with Crippen molar-refractivity contribution >= 4 is 0 Å². The van der Waals surface area contributed by atoms with E-state index in [1.165, 1.54) is 6.42 Å². The summed E-state index contributed by atoms with van der Waals surface area (Å²) in [6, 6.07) is 6.03. The lowest BCUT2D eigenvalue weighted by Crippen LogP contribution is -2.50. The molecule has 3 atom stereocenters. The van der Waals surface area contributed by atoms with Gasteiger partial charge in [-0.3, -0.25) is 0 Å². The minimum absolute atomic E-state index is 0.0324. The van der Waals surface area contributed by atoms with Gasteiger partial charge in [0, 0.05) is 18.0 Å². The highest BCUT2D eigenvalue weighted by Crippen LogP contribution is 2.52. The van der Waals surface area contributed by atoms with Gasteiger partial charge in [-0.15, -0.1) is 0 Å². The number of ether oxygens (including phenoxy) is 2. The first-order valence-electron chi connectivity index (χ1n) is 7.95. The van der Waals surface area contributed by atoms with Gasteiger partial charge in [-0.05, 0) is 48.8 Å². The van der Waals surface area contributed by atoms with Crippen molar-refractivity contribution in [2.24, 2.45) is 17.1 Å². The highest BCUT2D eigenvalue weighted by Gasteiger charge is 2.48. The highest BCUT2D eigenvalue weighted by atomic mass is 16.5. The lowest BCUT2D eigenvalue weighted by Gasteiger charge is -2.50. The highest BCUT2D eigenvalue weighted by molar-refractivity contribution is 5.44. The van der Waals surface area contributed by atoms with E-state index in [9.17, 15) is 0 Å². The van der Waals surface area contributed by atoms with E-state index < -0.39 is 0 Å². The molecule has 0 bridgehead atoms. The summed E-state index contributed by atoms with van der Waals surface area (Å²) >= 11 is 0. The Kier molecular flexibility index (Phi) is 3.44. The van der Waals surface area contributed by atoms with Gasteiger partial charge in [0.1, 0.15) is 17.1 Å². The van der Waals surface area contributed by atoms with Gasteiger partial charge in [-0.1, -0.05) is 20.8 Å². The summed E-state index contributed by atoms with van der Waals surface area (Å²) in [5.74, 6) is 2.47. The molecule has 116 valence electrons. The standard InChI is InChI=1S/C18H27NO2/c1-12-8-17(2,3)11-18(9-12)10-15(19)14-7-13(20-4)5-6-16(14)21-18/h5-7,12,15H,8-11,19H2,1-4H3. The number of nitrogens with two attached hydrogens (primary N) is 1. The molecule has 1 saturated carbocycles. The van der Waals surface area contributed by atoms with Gasteiger partial charge in [0.05, 0.1) is 7.11 Å². The third-order valence-electron chi connectivity index (χ3n) is 4.96. The quantitative estimate of drug-likeness (QED) is 0.848. The number of benzene rings is 1. The maximum absolute atomic E-state index is 6.50. The second kappa shape index (κ2) is 4.91. The van der Waals surface area contributed by atoms with Gasteiger partial charge < -0.3 is 15.2 Å². The second-order valence-electron chi connectivity index (χ2n) is 7.85. The van der Waals surface area contributed by atoms with E-state index in [1.807, 2.05) is 18.2 Å².